The average Bonchev–Trinajstić information content (AvgIpc) is 3.20. The Morgan fingerprint density at radius 3 is 2.39 bits per heavy atom. The maximum atomic E-state index is 11.8. The molecule has 1 atom stereocenters. The Hall–Kier alpha value is -1.55. The van der Waals surface area contributed by atoms with Gasteiger partial charge in [0.25, 0.3) is 0 Å². The number of rotatable bonds is 8. The highest BCUT2D eigenvalue weighted by Crippen LogP contribution is 2.26. The molecule has 1 aromatic carbocycles. The standard InChI is InChI=1S/C20H33N5O2.HI/c1-5-21-20(23-15-19(26)24(2)3)22-14-18(25-12-6-7-13-25)16-8-10-17(27-4)11-9-16;/h8-11,18H,5-7,12-15H2,1-4H3,(H2,21,22,23);1H. The number of nitrogens with one attached hydrogen (secondary N) is 2. The van der Waals surface area contributed by atoms with Crippen LogP contribution in [0.2, 0.25) is 0 Å². The number of ether oxygens (including phenoxy) is 1. The number of nitrogens with zero attached hydrogens (tertiary/aromatic N) is 3. The van der Waals surface area contributed by atoms with E-state index >= 15 is 0 Å². The Balaban J connectivity index is 0.00000392. The lowest BCUT2D eigenvalue weighted by Gasteiger charge is -2.29. The third-order valence-corrected chi connectivity index (χ3v) is 4.76. The number of hydrogen-bond donors (Lipinski definition) is 2. The first-order valence-corrected chi connectivity index (χ1v) is 9.65. The summed E-state index contributed by atoms with van der Waals surface area (Å²) in [7, 11) is 5.17. The van der Waals surface area contributed by atoms with Gasteiger partial charge in [0.1, 0.15) is 12.3 Å². The summed E-state index contributed by atoms with van der Waals surface area (Å²) in [6, 6.07) is 8.53. The van der Waals surface area contributed by atoms with Gasteiger partial charge >= 0.3 is 0 Å². The molecule has 1 fully saturated rings. The molecule has 158 valence electrons. The van der Waals surface area contributed by atoms with Gasteiger partial charge in [0, 0.05) is 27.2 Å². The maximum Gasteiger partial charge on any atom is 0.243 e. The topological polar surface area (TPSA) is 69.2 Å². The minimum atomic E-state index is -0.0153. The van der Waals surface area contributed by atoms with Gasteiger partial charge in [0.2, 0.25) is 5.91 Å². The summed E-state index contributed by atoms with van der Waals surface area (Å²) >= 11 is 0. The minimum absolute atomic E-state index is 0. The normalized spacial score (nSPS) is 15.5. The second-order valence-corrected chi connectivity index (χ2v) is 6.90. The smallest absolute Gasteiger partial charge is 0.243 e. The fourth-order valence-corrected chi connectivity index (χ4v) is 3.16. The lowest BCUT2D eigenvalue weighted by Crippen LogP contribution is -2.43. The molecule has 0 radical (unpaired) electrons. The van der Waals surface area contributed by atoms with E-state index in [0.717, 1.165) is 31.9 Å². The molecule has 1 heterocycles. The van der Waals surface area contributed by atoms with Crippen LogP contribution in [-0.2, 0) is 4.79 Å². The Kier molecular flexibility index (Phi) is 11.2. The molecule has 7 nitrogen and oxygen atoms in total. The van der Waals surface area contributed by atoms with Gasteiger partial charge in [-0.15, -0.1) is 24.0 Å². The summed E-state index contributed by atoms with van der Waals surface area (Å²) in [5.41, 5.74) is 1.26. The SMILES string of the molecule is CCNC(=NCC(=O)N(C)C)NCC(c1ccc(OC)cc1)N1CCCC1.I. The van der Waals surface area contributed by atoms with E-state index in [1.807, 2.05) is 19.1 Å². The minimum Gasteiger partial charge on any atom is -0.497 e. The first kappa shape index (κ1) is 24.5. The summed E-state index contributed by atoms with van der Waals surface area (Å²) in [4.78, 5) is 20.3. The average molecular weight is 503 g/mol. The Morgan fingerprint density at radius 2 is 1.86 bits per heavy atom. The van der Waals surface area contributed by atoms with Crippen molar-refractivity contribution in [1.29, 1.82) is 0 Å². The van der Waals surface area contributed by atoms with Crippen LogP contribution in [0.5, 0.6) is 5.75 Å². The molecule has 1 aromatic rings. The van der Waals surface area contributed by atoms with Gasteiger partial charge in [0.15, 0.2) is 5.96 Å². The second-order valence-electron chi connectivity index (χ2n) is 6.90. The highest BCUT2D eigenvalue weighted by Gasteiger charge is 2.23. The molecule has 0 bridgehead atoms. The van der Waals surface area contributed by atoms with Crippen molar-refractivity contribution in [3.8, 4) is 5.75 Å². The summed E-state index contributed by atoms with van der Waals surface area (Å²) in [6.07, 6.45) is 2.47. The van der Waals surface area contributed by atoms with Crippen molar-refractivity contribution < 1.29 is 9.53 Å². The van der Waals surface area contributed by atoms with E-state index < -0.39 is 0 Å². The van der Waals surface area contributed by atoms with Crippen molar-refractivity contribution in [2.75, 3.05) is 53.9 Å². The van der Waals surface area contributed by atoms with Crippen LogP contribution in [0.15, 0.2) is 29.3 Å². The largest absolute Gasteiger partial charge is 0.497 e. The summed E-state index contributed by atoms with van der Waals surface area (Å²) in [6.45, 7) is 5.84. The van der Waals surface area contributed by atoms with E-state index in [1.165, 1.54) is 18.4 Å². The third kappa shape index (κ3) is 7.46. The number of guanidine groups is 1. The molecular formula is C20H34IN5O2. The van der Waals surface area contributed by atoms with Gasteiger partial charge in [-0.05, 0) is 50.6 Å². The van der Waals surface area contributed by atoms with Crippen LogP contribution in [0, 0.1) is 0 Å². The van der Waals surface area contributed by atoms with Crippen LogP contribution in [0.1, 0.15) is 31.4 Å². The number of carbonyl (C=O) groups excluding carboxylic acids is 1. The number of halogens is 1. The number of methoxy groups -OCH3 is 1. The predicted octanol–water partition coefficient (Wildman–Crippen LogP) is 2.09. The maximum absolute atomic E-state index is 11.8. The van der Waals surface area contributed by atoms with Crippen LogP contribution in [0.3, 0.4) is 0 Å². The van der Waals surface area contributed by atoms with Crippen molar-refractivity contribution >= 4 is 35.8 Å². The van der Waals surface area contributed by atoms with Crippen molar-refractivity contribution in [1.82, 2.24) is 20.4 Å². The summed E-state index contributed by atoms with van der Waals surface area (Å²) in [5, 5.41) is 6.64. The zero-order valence-corrected chi connectivity index (χ0v) is 19.7. The molecule has 28 heavy (non-hydrogen) atoms. The van der Waals surface area contributed by atoms with Crippen LogP contribution >= 0.6 is 24.0 Å². The second kappa shape index (κ2) is 12.8. The van der Waals surface area contributed by atoms with Gasteiger partial charge in [-0.1, -0.05) is 12.1 Å². The molecule has 0 aliphatic carbocycles. The molecule has 2 rings (SSSR count). The number of benzene rings is 1. The number of hydrogen-bond acceptors (Lipinski definition) is 4. The van der Waals surface area contributed by atoms with E-state index in [0.29, 0.717) is 5.96 Å². The van der Waals surface area contributed by atoms with Crippen LogP contribution in [0.4, 0.5) is 0 Å². The van der Waals surface area contributed by atoms with Crippen molar-refractivity contribution in [3.05, 3.63) is 29.8 Å². The Labute approximate surface area is 185 Å². The number of amides is 1. The molecule has 1 aliphatic rings. The predicted molar refractivity (Wildman–Crippen MR) is 125 cm³/mol. The molecule has 1 saturated heterocycles. The zero-order valence-electron chi connectivity index (χ0n) is 17.4. The lowest BCUT2D eigenvalue weighted by atomic mass is 10.1. The van der Waals surface area contributed by atoms with Gasteiger partial charge in [-0.3, -0.25) is 9.69 Å². The first-order valence-electron chi connectivity index (χ1n) is 9.65. The highest BCUT2D eigenvalue weighted by atomic mass is 127. The van der Waals surface area contributed by atoms with Crippen molar-refractivity contribution in [2.45, 2.75) is 25.8 Å². The number of likely N-dealkylation sites (N-methyl/N-ethyl adjacent to an activating group) is 1. The number of aliphatic imine (C=N–C) groups is 1. The van der Waals surface area contributed by atoms with Gasteiger partial charge < -0.3 is 20.3 Å². The molecule has 1 unspecified atom stereocenters. The van der Waals surface area contributed by atoms with Crippen LogP contribution in [-0.4, -0.2) is 75.6 Å². The number of likely N-dealkylation sites (tertiary alicyclic amines) is 1. The van der Waals surface area contributed by atoms with E-state index in [1.54, 1.807) is 26.1 Å². The molecule has 8 heteroatoms. The molecule has 1 aliphatic heterocycles. The van der Waals surface area contributed by atoms with Crippen molar-refractivity contribution in [2.24, 2.45) is 4.99 Å². The van der Waals surface area contributed by atoms with Gasteiger partial charge in [0.05, 0.1) is 13.2 Å². The van der Waals surface area contributed by atoms with E-state index in [9.17, 15) is 4.79 Å². The Bertz CT molecular complexity index is 616. The third-order valence-electron chi connectivity index (χ3n) is 4.76. The van der Waals surface area contributed by atoms with E-state index in [2.05, 4.69) is 32.7 Å². The summed E-state index contributed by atoms with van der Waals surface area (Å²) in [5.74, 6) is 1.52. The lowest BCUT2D eigenvalue weighted by molar-refractivity contribution is -0.127. The van der Waals surface area contributed by atoms with Gasteiger partial charge in [-0.2, -0.15) is 0 Å². The fraction of sp³-hybridized carbons (Fsp3) is 0.600. The molecule has 0 aromatic heterocycles. The van der Waals surface area contributed by atoms with E-state index in [4.69, 9.17) is 4.74 Å². The molecule has 1 amide bonds. The van der Waals surface area contributed by atoms with Crippen LogP contribution < -0.4 is 15.4 Å². The zero-order chi connectivity index (χ0) is 19.6. The van der Waals surface area contributed by atoms with Crippen LogP contribution in [0.25, 0.3) is 0 Å². The molecule has 0 spiro atoms. The fourth-order valence-electron chi connectivity index (χ4n) is 3.16. The molecular weight excluding hydrogens is 469 g/mol. The van der Waals surface area contributed by atoms with E-state index in [-0.39, 0.29) is 42.5 Å². The van der Waals surface area contributed by atoms with Crippen molar-refractivity contribution in [3.63, 3.8) is 0 Å². The Morgan fingerprint density at radius 1 is 1.21 bits per heavy atom. The number of carbonyl (C=O) groups is 1. The summed E-state index contributed by atoms with van der Waals surface area (Å²) < 4.78 is 5.28. The van der Waals surface area contributed by atoms with Gasteiger partial charge in [-0.25, -0.2) is 4.99 Å². The monoisotopic (exact) mass is 503 g/mol. The molecule has 0 saturated carbocycles. The molecule has 2 N–H and O–H groups in total. The first-order chi connectivity index (χ1) is 13.0. The highest BCUT2D eigenvalue weighted by molar-refractivity contribution is 14.0. The quantitative estimate of drug-likeness (QED) is 0.323.